The van der Waals surface area contributed by atoms with Crippen molar-refractivity contribution >= 4 is 21.1 Å². The van der Waals surface area contributed by atoms with E-state index in [9.17, 15) is 0 Å². The first kappa shape index (κ1) is 11.3. The summed E-state index contributed by atoms with van der Waals surface area (Å²) >= 11 is 5.22. The lowest BCUT2D eigenvalue weighted by Gasteiger charge is -1.78. The van der Waals surface area contributed by atoms with E-state index in [2.05, 4.69) is 13.1 Å². The summed E-state index contributed by atoms with van der Waals surface area (Å²) in [4.78, 5) is 0. The minimum atomic E-state index is 0.417. The second-order valence-electron chi connectivity index (χ2n) is 1.54. The molecule has 0 aliphatic heterocycles. The maximum Gasteiger partial charge on any atom is 0.0235 e. The van der Waals surface area contributed by atoms with Gasteiger partial charge in [0.05, 0.1) is 0 Å². The van der Waals surface area contributed by atoms with E-state index < -0.39 is 0 Å². The van der Waals surface area contributed by atoms with E-state index in [0.717, 1.165) is 6.42 Å². The molecule has 0 aliphatic carbocycles. The minimum Gasteiger partial charge on any atom is -0.330 e. The van der Waals surface area contributed by atoms with Gasteiger partial charge in [0.15, 0.2) is 0 Å². The molecule has 0 aromatic heterocycles. The molecular weight excluding hydrogens is 138 g/mol. The van der Waals surface area contributed by atoms with Crippen LogP contribution in [0.3, 0.4) is 0 Å². The van der Waals surface area contributed by atoms with Gasteiger partial charge in [-0.3, -0.25) is 0 Å². The Labute approximate surface area is 59.4 Å². The highest BCUT2D eigenvalue weighted by Crippen LogP contribution is 1.76. The zero-order valence-corrected chi connectivity index (χ0v) is 7.95. The third-order valence-corrected chi connectivity index (χ3v) is 0.605. The number of hydrogen-bond donors (Lipinski definition) is 1. The molecule has 2 N–H and O–H groups in total. The lowest BCUT2D eigenvalue weighted by molar-refractivity contribution is 0.939. The second kappa shape index (κ2) is 15.7. The van der Waals surface area contributed by atoms with E-state index >= 15 is 0 Å². The molecule has 1 nitrogen and oxygen atoms in total. The zero-order chi connectivity index (χ0) is 6.83. The molecule has 52 valence electrons. The molecule has 0 radical (unpaired) electrons. The Bertz CT molecular complexity index is 26.4. The fourth-order valence-corrected chi connectivity index (χ4v) is 0.231. The third-order valence-electron chi connectivity index (χ3n) is 0.338. The molecule has 0 aromatic carbocycles. The highest BCUT2D eigenvalue weighted by atomic mass is 35.5. The maximum atomic E-state index is 5.22. The van der Waals surface area contributed by atoms with E-state index in [1.54, 1.807) is 0 Å². The van der Waals surface area contributed by atoms with Crippen molar-refractivity contribution in [3.05, 3.63) is 0 Å². The molecule has 0 aromatic rings. The summed E-state index contributed by atoms with van der Waals surface area (Å²) in [5.41, 5.74) is 5.05. The van der Waals surface area contributed by atoms with Crippen molar-refractivity contribution in [2.24, 2.45) is 5.73 Å². The van der Waals surface area contributed by atoms with E-state index in [1.165, 1.54) is 0 Å². The number of halogens is 1. The predicted molar refractivity (Wildman–Crippen MR) is 44.7 cm³/mol. The first-order valence-electron chi connectivity index (χ1n) is 3.09. The minimum absolute atomic E-state index is 0.417. The molecule has 0 bridgehead atoms. The molecular formula is C5H16ClNSi. The predicted octanol–water partition coefficient (Wildman–Crippen LogP) is 0.825. The van der Waals surface area contributed by atoms with Gasteiger partial charge in [0, 0.05) is 15.4 Å². The average Bonchev–Trinajstić information content (AvgIpc) is 1.71. The summed E-state index contributed by atoms with van der Waals surface area (Å²) in [6.45, 7) is 5.24. The topological polar surface area (TPSA) is 26.0 Å². The van der Waals surface area contributed by atoms with Crippen LogP contribution in [0.1, 0.15) is 6.42 Å². The number of alkyl halides is 1. The summed E-state index contributed by atoms with van der Waals surface area (Å²) in [5, 5.41) is 0. The van der Waals surface area contributed by atoms with Crippen LogP contribution in [-0.4, -0.2) is 21.9 Å². The summed E-state index contributed by atoms with van der Waals surface area (Å²) in [7, 11) is 0.417. The fraction of sp³-hybridized carbons (Fsp3) is 1.00. The largest absolute Gasteiger partial charge is 0.330 e. The molecule has 3 heteroatoms. The molecule has 0 saturated heterocycles. The first-order chi connectivity index (χ1) is 3.83. The van der Waals surface area contributed by atoms with Crippen LogP contribution in [0.15, 0.2) is 0 Å². The van der Waals surface area contributed by atoms with Gasteiger partial charge in [-0.1, -0.05) is 13.1 Å². The molecule has 0 aliphatic rings. The van der Waals surface area contributed by atoms with Gasteiger partial charge in [0.1, 0.15) is 0 Å². The van der Waals surface area contributed by atoms with Gasteiger partial charge in [-0.05, 0) is 13.0 Å². The van der Waals surface area contributed by atoms with E-state index in [4.69, 9.17) is 17.3 Å². The van der Waals surface area contributed by atoms with Gasteiger partial charge in [-0.2, -0.15) is 0 Å². The van der Waals surface area contributed by atoms with Gasteiger partial charge < -0.3 is 5.73 Å². The van der Waals surface area contributed by atoms with Crippen LogP contribution in [0.2, 0.25) is 13.1 Å². The highest BCUT2D eigenvalue weighted by molar-refractivity contribution is 6.31. The SMILES string of the molecule is C[SiH2]C.NCCCCl. The third kappa shape index (κ3) is 31.8. The smallest absolute Gasteiger partial charge is 0.0235 e. The van der Waals surface area contributed by atoms with Gasteiger partial charge in [-0.25, -0.2) is 0 Å². The van der Waals surface area contributed by atoms with Crippen molar-refractivity contribution in [1.82, 2.24) is 0 Å². The van der Waals surface area contributed by atoms with Crippen LogP contribution < -0.4 is 5.73 Å². The standard InChI is InChI=1S/C3H8ClN.C2H8Si/c4-2-1-3-5;1-3-2/h1-3,5H2;3H2,1-2H3. The first-order valence-corrected chi connectivity index (χ1v) is 6.45. The van der Waals surface area contributed by atoms with Crippen molar-refractivity contribution < 1.29 is 0 Å². The van der Waals surface area contributed by atoms with Crippen molar-refractivity contribution in [3.63, 3.8) is 0 Å². The Hall–Kier alpha value is 0.467. The molecule has 0 saturated carbocycles. The van der Waals surface area contributed by atoms with Crippen LogP contribution in [0, 0.1) is 0 Å². The molecule has 0 rings (SSSR count). The zero-order valence-electron chi connectivity index (χ0n) is 5.78. The molecule has 8 heavy (non-hydrogen) atoms. The fourth-order valence-electron chi connectivity index (χ4n) is 0.0772. The number of hydrogen-bond acceptors (Lipinski definition) is 1. The van der Waals surface area contributed by atoms with E-state index in [1.807, 2.05) is 0 Å². The van der Waals surface area contributed by atoms with Crippen molar-refractivity contribution in [3.8, 4) is 0 Å². The van der Waals surface area contributed by atoms with Crippen LogP contribution in [0.25, 0.3) is 0 Å². The number of rotatable bonds is 2. The van der Waals surface area contributed by atoms with Crippen molar-refractivity contribution in [2.45, 2.75) is 19.5 Å². The second-order valence-corrected chi connectivity index (χ2v) is 3.33. The normalized spacial score (nSPS) is 7.50. The summed E-state index contributed by atoms with van der Waals surface area (Å²) in [6, 6.07) is 0. The van der Waals surface area contributed by atoms with E-state index in [0.29, 0.717) is 21.9 Å². The summed E-state index contributed by atoms with van der Waals surface area (Å²) in [6.07, 6.45) is 0.932. The monoisotopic (exact) mass is 153 g/mol. The Balaban J connectivity index is 0. The lowest BCUT2D eigenvalue weighted by Crippen LogP contribution is -1.97. The van der Waals surface area contributed by atoms with Crippen LogP contribution in [0.5, 0.6) is 0 Å². The Morgan fingerprint density at radius 2 is 1.88 bits per heavy atom. The molecule has 0 spiro atoms. The van der Waals surface area contributed by atoms with Crippen molar-refractivity contribution in [1.29, 1.82) is 0 Å². The van der Waals surface area contributed by atoms with Crippen LogP contribution >= 0.6 is 11.6 Å². The van der Waals surface area contributed by atoms with Crippen molar-refractivity contribution in [2.75, 3.05) is 12.4 Å². The summed E-state index contributed by atoms with van der Waals surface area (Å²) in [5.74, 6) is 0.691. The number of nitrogens with two attached hydrogens (primary N) is 1. The Morgan fingerprint density at radius 3 is 1.88 bits per heavy atom. The van der Waals surface area contributed by atoms with E-state index in [-0.39, 0.29) is 0 Å². The highest BCUT2D eigenvalue weighted by Gasteiger charge is 1.70. The average molecular weight is 154 g/mol. The van der Waals surface area contributed by atoms with Gasteiger partial charge >= 0.3 is 0 Å². The molecule has 0 amide bonds. The van der Waals surface area contributed by atoms with Gasteiger partial charge in [0.25, 0.3) is 0 Å². The summed E-state index contributed by atoms with van der Waals surface area (Å²) < 4.78 is 0. The molecule has 0 fully saturated rings. The molecule has 0 heterocycles. The lowest BCUT2D eigenvalue weighted by atomic mass is 10.5. The Kier molecular flexibility index (Phi) is 22.1. The van der Waals surface area contributed by atoms with Crippen LogP contribution in [-0.2, 0) is 0 Å². The molecule has 0 unspecified atom stereocenters. The quantitative estimate of drug-likeness (QED) is 0.462. The molecule has 0 atom stereocenters. The Morgan fingerprint density at radius 1 is 1.50 bits per heavy atom. The van der Waals surface area contributed by atoms with Crippen LogP contribution in [0.4, 0.5) is 0 Å². The van der Waals surface area contributed by atoms with Gasteiger partial charge in [-0.15, -0.1) is 11.6 Å². The van der Waals surface area contributed by atoms with Gasteiger partial charge in [0.2, 0.25) is 0 Å². The maximum absolute atomic E-state index is 5.22.